The van der Waals surface area contributed by atoms with Crippen LogP contribution in [0.4, 0.5) is 11.4 Å². The highest BCUT2D eigenvalue weighted by Crippen LogP contribution is 2.25. The summed E-state index contributed by atoms with van der Waals surface area (Å²) in [7, 11) is 3.04. The van der Waals surface area contributed by atoms with E-state index in [-0.39, 0.29) is 24.3 Å². The molecule has 0 saturated carbocycles. The zero-order valence-corrected chi connectivity index (χ0v) is 16.4. The maximum Gasteiger partial charge on any atom is 0.251 e. The van der Waals surface area contributed by atoms with Crippen molar-refractivity contribution in [1.29, 1.82) is 0 Å². The molecule has 8 nitrogen and oxygen atoms in total. The van der Waals surface area contributed by atoms with Crippen LogP contribution in [0.2, 0.25) is 0 Å². The number of amides is 3. The summed E-state index contributed by atoms with van der Waals surface area (Å²) < 4.78 is 10.3. The molecule has 2 aromatic carbocycles. The maximum absolute atomic E-state index is 12.3. The average molecular weight is 397 g/mol. The number of hydrogen-bond acceptors (Lipinski definition) is 5. The SMILES string of the molecule is COc1cc(NC(=O)CNC(=O)c2ccc(N3CCCC3=O)cc2)cc(OC)c1. The first-order chi connectivity index (χ1) is 14.0. The van der Waals surface area contributed by atoms with Crippen LogP contribution >= 0.6 is 0 Å². The van der Waals surface area contributed by atoms with Crippen molar-refractivity contribution in [2.75, 3.05) is 37.5 Å². The lowest BCUT2D eigenvalue weighted by molar-refractivity contribution is -0.117. The summed E-state index contributed by atoms with van der Waals surface area (Å²) in [6, 6.07) is 11.8. The Morgan fingerprint density at radius 3 is 2.24 bits per heavy atom. The second-order valence-electron chi connectivity index (χ2n) is 6.53. The Balaban J connectivity index is 1.55. The van der Waals surface area contributed by atoms with Crippen LogP contribution in [0.3, 0.4) is 0 Å². The van der Waals surface area contributed by atoms with E-state index in [9.17, 15) is 14.4 Å². The Hall–Kier alpha value is -3.55. The Labute approximate surface area is 168 Å². The van der Waals surface area contributed by atoms with Gasteiger partial charge in [0.05, 0.1) is 20.8 Å². The average Bonchev–Trinajstić information content (AvgIpc) is 3.17. The van der Waals surface area contributed by atoms with E-state index in [2.05, 4.69) is 10.6 Å². The highest BCUT2D eigenvalue weighted by Gasteiger charge is 2.21. The summed E-state index contributed by atoms with van der Waals surface area (Å²) in [4.78, 5) is 37.9. The van der Waals surface area contributed by atoms with Crippen molar-refractivity contribution < 1.29 is 23.9 Å². The normalized spacial score (nSPS) is 13.2. The molecule has 0 spiro atoms. The molecule has 1 saturated heterocycles. The number of ether oxygens (including phenoxy) is 2. The number of anilines is 2. The molecular weight excluding hydrogens is 374 g/mol. The zero-order chi connectivity index (χ0) is 20.8. The largest absolute Gasteiger partial charge is 0.497 e. The van der Waals surface area contributed by atoms with E-state index in [0.717, 1.165) is 12.1 Å². The Bertz CT molecular complexity index is 889. The third-order valence-electron chi connectivity index (χ3n) is 4.56. The molecular formula is C21H23N3O5. The number of hydrogen-bond donors (Lipinski definition) is 2. The van der Waals surface area contributed by atoms with Crippen LogP contribution in [0.1, 0.15) is 23.2 Å². The van der Waals surface area contributed by atoms with Crippen molar-refractivity contribution in [1.82, 2.24) is 5.32 Å². The lowest BCUT2D eigenvalue weighted by Crippen LogP contribution is -2.32. The van der Waals surface area contributed by atoms with E-state index in [1.165, 1.54) is 14.2 Å². The molecule has 2 aromatic rings. The molecule has 0 aliphatic carbocycles. The van der Waals surface area contributed by atoms with Crippen LogP contribution in [-0.4, -0.2) is 45.0 Å². The second kappa shape index (κ2) is 9.09. The minimum absolute atomic E-state index is 0.0908. The van der Waals surface area contributed by atoms with E-state index < -0.39 is 0 Å². The molecule has 1 aliphatic heterocycles. The van der Waals surface area contributed by atoms with Crippen LogP contribution in [0.15, 0.2) is 42.5 Å². The molecule has 3 amide bonds. The van der Waals surface area contributed by atoms with Gasteiger partial charge in [-0.25, -0.2) is 0 Å². The maximum atomic E-state index is 12.3. The number of rotatable bonds is 7. The monoisotopic (exact) mass is 397 g/mol. The first kappa shape index (κ1) is 20.2. The third-order valence-corrected chi connectivity index (χ3v) is 4.56. The number of methoxy groups -OCH3 is 2. The predicted molar refractivity (Wildman–Crippen MR) is 109 cm³/mol. The summed E-state index contributed by atoms with van der Waals surface area (Å²) >= 11 is 0. The fourth-order valence-electron chi connectivity index (χ4n) is 3.06. The van der Waals surface area contributed by atoms with Gasteiger partial charge in [-0.3, -0.25) is 14.4 Å². The molecule has 1 heterocycles. The van der Waals surface area contributed by atoms with Crippen molar-refractivity contribution in [3.05, 3.63) is 48.0 Å². The number of carbonyl (C=O) groups excluding carboxylic acids is 3. The smallest absolute Gasteiger partial charge is 0.251 e. The van der Waals surface area contributed by atoms with Gasteiger partial charge in [-0.1, -0.05) is 0 Å². The molecule has 0 aromatic heterocycles. The van der Waals surface area contributed by atoms with Crippen molar-refractivity contribution in [3.8, 4) is 11.5 Å². The van der Waals surface area contributed by atoms with E-state index in [0.29, 0.717) is 35.7 Å². The Morgan fingerprint density at radius 2 is 1.69 bits per heavy atom. The summed E-state index contributed by atoms with van der Waals surface area (Å²) in [6.45, 7) is 0.504. The number of nitrogens with zero attached hydrogens (tertiary/aromatic N) is 1. The van der Waals surface area contributed by atoms with Crippen molar-refractivity contribution in [3.63, 3.8) is 0 Å². The van der Waals surface area contributed by atoms with Gasteiger partial charge in [0.25, 0.3) is 5.91 Å². The summed E-state index contributed by atoms with van der Waals surface area (Å²) in [5.74, 6) is 0.421. The van der Waals surface area contributed by atoms with Gasteiger partial charge in [0.15, 0.2) is 0 Å². The molecule has 0 atom stereocenters. The van der Waals surface area contributed by atoms with E-state index in [1.807, 2.05) is 0 Å². The molecule has 3 rings (SSSR count). The Morgan fingerprint density at radius 1 is 1.03 bits per heavy atom. The van der Waals surface area contributed by atoms with Crippen molar-refractivity contribution in [2.24, 2.45) is 0 Å². The molecule has 2 N–H and O–H groups in total. The van der Waals surface area contributed by atoms with E-state index in [1.54, 1.807) is 47.4 Å². The number of carbonyl (C=O) groups is 3. The minimum Gasteiger partial charge on any atom is -0.497 e. The van der Waals surface area contributed by atoms with Crippen LogP contribution in [0, 0.1) is 0 Å². The zero-order valence-electron chi connectivity index (χ0n) is 16.4. The summed E-state index contributed by atoms with van der Waals surface area (Å²) in [6.07, 6.45) is 1.39. The summed E-state index contributed by atoms with van der Waals surface area (Å²) in [5.41, 5.74) is 1.69. The lowest BCUT2D eigenvalue weighted by Gasteiger charge is -2.15. The van der Waals surface area contributed by atoms with Gasteiger partial charge in [-0.15, -0.1) is 0 Å². The van der Waals surface area contributed by atoms with Crippen LogP contribution < -0.4 is 25.0 Å². The topological polar surface area (TPSA) is 97.0 Å². The second-order valence-corrected chi connectivity index (χ2v) is 6.53. The molecule has 29 heavy (non-hydrogen) atoms. The first-order valence-electron chi connectivity index (χ1n) is 9.21. The highest BCUT2D eigenvalue weighted by molar-refractivity contribution is 6.00. The van der Waals surface area contributed by atoms with Gasteiger partial charge < -0.3 is 25.0 Å². The third kappa shape index (κ3) is 5.04. The van der Waals surface area contributed by atoms with Crippen LogP contribution in [-0.2, 0) is 9.59 Å². The van der Waals surface area contributed by atoms with E-state index >= 15 is 0 Å². The molecule has 8 heteroatoms. The van der Waals surface area contributed by atoms with Crippen molar-refractivity contribution >= 4 is 29.1 Å². The standard InChI is InChI=1S/C21H23N3O5/c1-28-17-10-15(11-18(12-17)29-2)23-19(25)13-22-21(27)14-5-7-16(8-6-14)24-9-3-4-20(24)26/h5-8,10-12H,3-4,9,13H2,1-2H3,(H,22,27)(H,23,25). The minimum atomic E-state index is -0.382. The van der Waals surface area contributed by atoms with Crippen molar-refractivity contribution in [2.45, 2.75) is 12.8 Å². The van der Waals surface area contributed by atoms with Gasteiger partial charge in [0.1, 0.15) is 11.5 Å². The first-order valence-corrected chi connectivity index (χ1v) is 9.21. The highest BCUT2D eigenvalue weighted by atomic mass is 16.5. The lowest BCUT2D eigenvalue weighted by atomic mass is 10.2. The predicted octanol–water partition coefficient (Wildman–Crippen LogP) is 2.20. The van der Waals surface area contributed by atoms with Gasteiger partial charge in [0, 0.05) is 48.1 Å². The van der Waals surface area contributed by atoms with Crippen LogP contribution in [0.25, 0.3) is 0 Å². The molecule has 1 fully saturated rings. The van der Waals surface area contributed by atoms with Gasteiger partial charge in [0.2, 0.25) is 11.8 Å². The fraction of sp³-hybridized carbons (Fsp3) is 0.286. The molecule has 0 radical (unpaired) electrons. The quantitative estimate of drug-likeness (QED) is 0.747. The molecule has 1 aliphatic rings. The summed E-state index contributed by atoms with van der Waals surface area (Å²) in [5, 5.41) is 5.27. The van der Waals surface area contributed by atoms with Gasteiger partial charge >= 0.3 is 0 Å². The van der Waals surface area contributed by atoms with E-state index in [4.69, 9.17) is 9.47 Å². The molecule has 152 valence electrons. The molecule has 0 unspecified atom stereocenters. The number of nitrogens with one attached hydrogen (secondary N) is 2. The van der Waals surface area contributed by atoms with Gasteiger partial charge in [-0.2, -0.15) is 0 Å². The fourth-order valence-corrected chi connectivity index (χ4v) is 3.06. The number of benzene rings is 2. The van der Waals surface area contributed by atoms with Gasteiger partial charge in [-0.05, 0) is 30.7 Å². The Kier molecular flexibility index (Phi) is 6.33. The molecule has 0 bridgehead atoms. The van der Waals surface area contributed by atoms with Crippen LogP contribution in [0.5, 0.6) is 11.5 Å².